The van der Waals surface area contributed by atoms with Crippen LogP contribution < -0.4 is 9.47 Å². The summed E-state index contributed by atoms with van der Waals surface area (Å²) in [6.45, 7) is 11.4. The maximum Gasteiger partial charge on any atom is 0.411 e. The fraction of sp³-hybridized carbons (Fsp3) is 0.193. The number of aryl methyl sites for hydroxylation is 6. The molecule has 0 aliphatic heterocycles. The molecule has 0 fully saturated rings. The van der Waals surface area contributed by atoms with Crippen molar-refractivity contribution in [3.8, 4) is 69.1 Å². The van der Waals surface area contributed by atoms with Crippen LogP contribution in [-0.2, 0) is 43.9 Å². The van der Waals surface area contributed by atoms with Gasteiger partial charge in [-0.1, -0.05) is 120 Å². The highest BCUT2D eigenvalue weighted by molar-refractivity contribution is 5.66. The van der Waals surface area contributed by atoms with Crippen molar-refractivity contribution in [1.29, 1.82) is 0 Å². The highest BCUT2D eigenvalue weighted by Crippen LogP contribution is 2.57. The SMILES string of the molecule is C=CCc1cc(C(c2ccc(Oc3nc(-c4ccc(C)cc4)nc(-c4ccc5c(c4)CC5)n3)c(CC=C)c2)(C(F)(F)F)C(F)(F)F)ccc1Oc1nc(-c2ccc(C)cc2)nc(-c2ccc3c(c2)CC3)n1. The first-order chi connectivity index (χ1) is 34.1. The van der Waals surface area contributed by atoms with Crippen molar-refractivity contribution in [1.82, 2.24) is 29.9 Å². The van der Waals surface area contributed by atoms with Gasteiger partial charge in [-0.05, 0) is 121 Å². The van der Waals surface area contributed by atoms with E-state index in [1.165, 1.54) is 23.3 Å². The lowest BCUT2D eigenvalue weighted by Gasteiger charge is -2.39. The van der Waals surface area contributed by atoms with E-state index in [-0.39, 0.29) is 70.8 Å². The molecule has 8 aromatic rings. The number of hydrogen-bond acceptors (Lipinski definition) is 8. The van der Waals surface area contributed by atoms with Gasteiger partial charge in [-0.2, -0.15) is 46.3 Å². The normalized spacial score (nSPS) is 13.1. The Balaban J connectivity index is 1.05. The number of fused-ring (bicyclic) bond motifs is 2. The van der Waals surface area contributed by atoms with Gasteiger partial charge in [0, 0.05) is 22.3 Å². The third-order valence-electron chi connectivity index (χ3n) is 13.1. The zero-order valence-electron chi connectivity index (χ0n) is 38.6. The number of ether oxygens (including phenoxy) is 2. The molecular formula is C57H44F6N6O2. The molecule has 0 radical (unpaired) electrons. The number of nitrogens with zero attached hydrogens (tertiary/aromatic N) is 6. The van der Waals surface area contributed by atoms with Crippen LogP contribution in [0.2, 0.25) is 0 Å². The van der Waals surface area contributed by atoms with Crippen molar-refractivity contribution in [2.24, 2.45) is 0 Å². The van der Waals surface area contributed by atoms with E-state index < -0.39 is 28.9 Å². The van der Waals surface area contributed by atoms with Gasteiger partial charge in [0.05, 0.1) is 0 Å². The van der Waals surface area contributed by atoms with Gasteiger partial charge >= 0.3 is 24.4 Å². The molecule has 71 heavy (non-hydrogen) atoms. The Morgan fingerprint density at radius 3 is 1.11 bits per heavy atom. The van der Waals surface area contributed by atoms with E-state index in [2.05, 4.69) is 33.1 Å². The van der Waals surface area contributed by atoms with Gasteiger partial charge in [0.2, 0.25) is 5.41 Å². The van der Waals surface area contributed by atoms with Crippen LogP contribution >= 0.6 is 0 Å². The average Bonchev–Trinajstić information content (AvgIpc) is 3.31. The van der Waals surface area contributed by atoms with Gasteiger partial charge in [-0.25, -0.2) is 9.97 Å². The molecule has 0 N–H and O–H groups in total. The topological polar surface area (TPSA) is 95.8 Å². The molecule has 0 bridgehead atoms. The third kappa shape index (κ3) is 8.94. The first kappa shape index (κ1) is 46.7. The Morgan fingerprint density at radius 2 is 0.789 bits per heavy atom. The summed E-state index contributed by atoms with van der Waals surface area (Å²) in [5.41, 5.74) is 2.67. The van der Waals surface area contributed by atoms with Crippen molar-refractivity contribution in [2.75, 3.05) is 0 Å². The van der Waals surface area contributed by atoms with Crippen LogP contribution in [-0.4, -0.2) is 42.3 Å². The lowest BCUT2D eigenvalue weighted by atomic mass is 9.72. The van der Waals surface area contributed by atoms with Crippen LogP contribution in [0.5, 0.6) is 23.5 Å². The maximum atomic E-state index is 15.9. The second-order valence-corrected chi connectivity index (χ2v) is 17.8. The molecule has 2 heterocycles. The minimum absolute atomic E-state index is 0.0238. The fourth-order valence-corrected chi connectivity index (χ4v) is 9.03. The van der Waals surface area contributed by atoms with Crippen molar-refractivity contribution in [3.63, 3.8) is 0 Å². The number of benzene rings is 6. The molecule has 14 heteroatoms. The van der Waals surface area contributed by atoms with Crippen molar-refractivity contribution in [3.05, 3.63) is 202 Å². The summed E-state index contributed by atoms with van der Waals surface area (Å²) in [6, 6.07) is 31.7. The first-order valence-electron chi connectivity index (χ1n) is 23.0. The van der Waals surface area contributed by atoms with Gasteiger partial charge in [0.15, 0.2) is 23.3 Å². The fourth-order valence-electron chi connectivity index (χ4n) is 9.03. The molecule has 0 amide bonds. The molecule has 2 aliphatic carbocycles. The van der Waals surface area contributed by atoms with E-state index in [0.717, 1.165) is 84.3 Å². The maximum absolute atomic E-state index is 15.9. The molecule has 0 saturated heterocycles. The Bertz CT molecular complexity index is 3150. The monoisotopic (exact) mass is 958 g/mol. The summed E-state index contributed by atoms with van der Waals surface area (Å²) in [6.07, 6.45) is -5.71. The minimum Gasteiger partial charge on any atom is -0.424 e. The second-order valence-electron chi connectivity index (χ2n) is 17.8. The van der Waals surface area contributed by atoms with Crippen molar-refractivity contribution < 1.29 is 35.8 Å². The summed E-state index contributed by atoms with van der Waals surface area (Å²) < 4.78 is 108. The number of aromatic nitrogens is 6. The third-order valence-corrected chi connectivity index (χ3v) is 13.1. The Morgan fingerprint density at radius 1 is 0.437 bits per heavy atom. The van der Waals surface area contributed by atoms with Crippen LogP contribution in [0.3, 0.4) is 0 Å². The van der Waals surface area contributed by atoms with E-state index in [9.17, 15) is 0 Å². The Hall–Kier alpha value is -8.00. The van der Waals surface area contributed by atoms with Crippen LogP contribution in [0.25, 0.3) is 45.6 Å². The van der Waals surface area contributed by atoms with Gasteiger partial charge in [0.1, 0.15) is 11.5 Å². The molecule has 2 aliphatic rings. The molecule has 2 aromatic heterocycles. The van der Waals surface area contributed by atoms with Crippen molar-refractivity contribution >= 4 is 0 Å². The van der Waals surface area contributed by atoms with E-state index >= 15 is 26.3 Å². The molecule has 6 aromatic carbocycles. The zero-order valence-corrected chi connectivity index (χ0v) is 38.6. The summed E-state index contributed by atoms with van der Waals surface area (Å²) in [7, 11) is 0. The number of allylic oxidation sites excluding steroid dienone is 2. The standard InChI is InChI=1S/C57H44F6N6O2/c1-5-7-41-31-45(25-27-47(41)70-53-66-49(37-13-9-33(3)10-14-37)64-51(68-53)43-23-19-35-17-21-39(35)29-43)55(56(58,59)60,57(61,62)63)46-26-28-48(42(32-46)8-6-2)71-54-67-50(38-15-11-34(4)12-16-38)65-52(69-54)44-24-20-36-18-22-40(36)30-44/h5-6,9-16,19-20,23-32H,1-2,7-8,17-18,21-22H2,3-4H3. The molecule has 0 atom stereocenters. The molecule has 356 valence electrons. The summed E-state index contributed by atoms with van der Waals surface area (Å²) >= 11 is 0. The van der Waals surface area contributed by atoms with Gasteiger partial charge in [0.25, 0.3) is 0 Å². The highest BCUT2D eigenvalue weighted by Gasteiger charge is 2.72. The number of rotatable bonds is 14. The molecule has 0 saturated carbocycles. The summed E-state index contributed by atoms with van der Waals surface area (Å²) in [4.78, 5) is 27.8. The minimum atomic E-state index is -5.92. The van der Waals surface area contributed by atoms with Crippen LogP contribution in [0.15, 0.2) is 147 Å². The molecule has 10 rings (SSSR count). The molecular weight excluding hydrogens is 915 g/mol. The van der Waals surface area contributed by atoms with E-state index in [1.54, 1.807) is 0 Å². The smallest absolute Gasteiger partial charge is 0.411 e. The van der Waals surface area contributed by atoms with Gasteiger partial charge < -0.3 is 9.47 Å². The van der Waals surface area contributed by atoms with Crippen LogP contribution in [0.1, 0.15) is 55.6 Å². The lowest BCUT2D eigenvalue weighted by Crippen LogP contribution is -2.54. The Kier molecular flexibility index (Phi) is 12.1. The van der Waals surface area contributed by atoms with E-state index in [0.29, 0.717) is 22.3 Å². The number of halogens is 6. The molecule has 0 unspecified atom stereocenters. The molecule has 8 nitrogen and oxygen atoms in total. The van der Waals surface area contributed by atoms with Crippen LogP contribution in [0.4, 0.5) is 26.3 Å². The summed E-state index contributed by atoms with van der Waals surface area (Å²) in [5.74, 6) is 0.943. The number of hydrogen-bond donors (Lipinski definition) is 0. The second kappa shape index (κ2) is 18.4. The largest absolute Gasteiger partial charge is 0.424 e. The lowest BCUT2D eigenvalue weighted by molar-refractivity contribution is -0.288. The van der Waals surface area contributed by atoms with Gasteiger partial charge in [-0.3, -0.25) is 0 Å². The summed E-state index contributed by atoms with van der Waals surface area (Å²) in [5, 5.41) is 0. The number of alkyl halides is 6. The van der Waals surface area contributed by atoms with E-state index in [4.69, 9.17) is 19.4 Å². The first-order valence-corrected chi connectivity index (χ1v) is 23.0. The van der Waals surface area contributed by atoms with Crippen LogP contribution in [0, 0.1) is 13.8 Å². The average molecular weight is 959 g/mol. The van der Waals surface area contributed by atoms with Gasteiger partial charge in [-0.15, -0.1) is 13.2 Å². The predicted octanol–water partition coefficient (Wildman–Crippen LogP) is 14.0. The Labute approximate surface area is 405 Å². The van der Waals surface area contributed by atoms with E-state index in [1.807, 2.05) is 98.8 Å². The molecule has 0 spiro atoms. The quantitative estimate of drug-likeness (QED) is 0.0785. The van der Waals surface area contributed by atoms with Crippen molar-refractivity contribution in [2.45, 2.75) is 70.1 Å². The predicted molar refractivity (Wildman–Crippen MR) is 259 cm³/mol. The highest BCUT2D eigenvalue weighted by atomic mass is 19.4. The zero-order chi connectivity index (χ0) is 49.7.